The van der Waals surface area contributed by atoms with Crippen LogP contribution in [0.2, 0.25) is 0 Å². The maximum atomic E-state index is 12.7. The molecule has 6 rings (SSSR count). The van der Waals surface area contributed by atoms with Gasteiger partial charge in [-0.05, 0) is 57.6 Å². The molecule has 3 aromatic rings. The Morgan fingerprint density at radius 1 is 1.00 bits per heavy atom. The van der Waals surface area contributed by atoms with Gasteiger partial charge in [-0.25, -0.2) is 9.78 Å². The molecule has 0 atom stereocenters. The lowest BCUT2D eigenvalue weighted by molar-refractivity contribution is -0.131. The molecule has 0 bridgehead atoms. The fourth-order valence-corrected chi connectivity index (χ4v) is 6.77. The third-order valence-electron chi connectivity index (χ3n) is 9.43. The van der Waals surface area contributed by atoms with Crippen molar-refractivity contribution in [3.05, 3.63) is 42.2 Å². The Hall–Kier alpha value is -3.42. The molecule has 1 saturated carbocycles. The number of rotatable bonds is 8. The van der Waals surface area contributed by atoms with Crippen molar-refractivity contribution < 1.29 is 27.8 Å². The number of alkyl halides is 3. The Labute approximate surface area is 273 Å². The fraction of sp³-hybridized carbons (Fsp3) is 0.618. The molecule has 256 valence electrons. The molecule has 0 spiro atoms. The molecule has 1 amide bonds. The summed E-state index contributed by atoms with van der Waals surface area (Å²) >= 11 is 0. The zero-order chi connectivity index (χ0) is 33.3. The fourth-order valence-electron chi connectivity index (χ4n) is 6.77. The number of halogens is 3. The molecule has 10 nitrogen and oxygen atoms in total. The third-order valence-corrected chi connectivity index (χ3v) is 9.43. The molecule has 2 N–H and O–H groups in total. The van der Waals surface area contributed by atoms with Gasteiger partial charge in [0.05, 0.1) is 12.5 Å². The quantitative estimate of drug-likeness (QED) is 0.320. The van der Waals surface area contributed by atoms with E-state index in [1.54, 1.807) is 11.1 Å². The zero-order valence-electron chi connectivity index (χ0n) is 27.5. The van der Waals surface area contributed by atoms with E-state index in [0.29, 0.717) is 24.5 Å². The molecule has 1 aromatic carbocycles. The number of nitrogens with one attached hydrogen (secondary N) is 1. The van der Waals surface area contributed by atoms with Crippen molar-refractivity contribution in [1.82, 2.24) is 29.2 Å². The van der Waals surface area contributed by atoms with Crippen LogP contribution < -0.4 is 5.32 Å². The molecule has 4 heterocycles. The normalized spacial score (nSPS) is 22.0. The van der Waals surface area contributed by atoms with E-state index in [9.17, 15) is 23.1 Å². The van der Waals surface area contributed by atoms with Gasteiger partial charge in [0.25, 0.3) is 0 Å². The van der Waals surface area contributed by atoms with E-state index in [4.69, 9.17) is 4.74 Å². The highest BCUT2D eigenvalue weighted by atomic mass is 19.4. The van der Waals surface area contributed by atoms with Crippen molar-refractivity contribution in [3.63, 3.8) is 0 Å². The maximum Gasteiger partial charge on any atom is 0.410 e. The van der Waals surface area contributed by atoms with Crippen LogP contribution in [0.15, 0.2) is 36.7 Å². The molecule has 2 saturated heterocycles. The second kappa shape index (κ2) is 13.6. The number of aliphatic hydroxyl groups excluding tert-OH is 1. The number of anilines is 1. The summed E-state index contributed by atoms with van der Waals surface area (Å²) in [6.07, 6.45) is 1.05. The number of fused-ring (bicyclic) bond motifs is 1. The van der Waals surface area contributed by atoms with E-state index in [-0.39, 0.29) is 30.7 Å². The largest absolute Gasteiger partial charge is 0.444 e. The summed E-state index contributed by atoms with van der Waals surface area (Å²) in [6.45, 7) is 11.5. The lowest BCUT2D eigenvalue weighted by Gasteiger charge is -2.48. The van der Waals surface area contributed by atoms with Crippen molar-refractivity contribution in [3.8, 4) is 11.1 Å². The van der Waals surface area contributed by atoms with Gasteiger partial charge in [0.1, 0.15) is 11.2 Å². The van der Waals surface area contributed by atoms with Gasteiger partial charge in [0, 0.05) is 87.8 Å². The molecule has 3 aliphatic rings. The topological polar surface area (TPSA) is 99.0 Å². The summed E-state index contributed by atoms with van der Waals surface area (Å²) in [5.74, 6) is 0.177. The molecule has 1 aliphatic carbocycles. The van der Waals surface area contributed by atoms with E-state index in [0.717, 1.165) is 75.2 Å². The third kappa shape index (κ3) is 8.36. The standard InChI is InChI=1S/C34H46F3N7O3/c1-33(2,3)47-32(46)43-20-26(21-43)42-16-14-41(15-17-42)19-23-4-6-24(7-5-23)29-22-44(25-8-10-27(45)11-9-25)30-28(29)18-39-31(40-30)38-13-12-34(35,36)37/h4-7,18,22,25-27,45H,8-17,19-21H2,1-3H3,(H,38,39,40). The molecular weight excluding hydrogens is 611 g/mol. The molecule has 2 aliphatic heterocycles. The minimum Gasteiger partial charge on any atom is -0.444 e. The van der Waals surface area contributed by atoms with Gasteiger partial charge in [-0.15, -0.1) is 0 Å². The van der Waals surface area contributed by atoms with Crippen LogP contribution >= 0.6 is 0 Å². The van der Waals surface area contributed by atoms with Crippen LogP contribution in [0.3, 0.4) is 0 Å². The highest BCUT2D eigenvalue weighted by Crippen LogP contribution is 2.37. The number of aromatic nitrogens is 3. The number of amides is 1. The van der Waals surface area contributed by atoms with Gasteiger partial charge in [0.15, 0.2) is 0 Å². The average Bonchev–Trinajstić information content (AvgIpc) is 3.35. The first-order valence-corrected chi connectivity index (χ1v) is 16.7. The van der Waals surface area contributed by atoms with Crippen LogP contribution in [0.4, 0.5) is 23.9 Å². The summed E-state index contributed by atoms with van der Waals surface area (Å²) in [4.78, 5) is 28.0. The van der Waals surface area contributed by atoms with E-state index in [1.807, 2.05) is 20.8 Å². The van der Waals surface area contributed by atoms with E-state index < -0.39 is 18.2 Å². The van der Waals surface area contributed by atoms with Crippen LogP contribution in [0.5, 0.6) is 0 Å². The first-order chi connectivity index (χ1) is 22.3. The lowest BCUT2D eigenvalue weighted by Crippen LogP contribution is -2.64. The highest BCUT2D eigenvalue weighted by molar-refractivity contribution is 5.94. The molecule has 2 aromatic heterocycles. The predicted molar refractivity (Wildman–Crippen MR) is 174 cm³/mol. The van der Waals surface area contributed by atoms with Gasteiger partial charge in [-0.3, -0.25) is 9.80 Å². The molecule has 13 heteroatoms. The monoisotopic (exact) mass is 657 g/mol. The number of ether oxygens (including phenoxy) is 1. The second-order valence-corrected chi connectivity index (χ2v) is 14.2. The Kier molecular flexibility index (Phi) is 9.69. The SMILES string of the molecule is CC(C)(C)OC(=O)N1CC(N2CCN(Cc3ccc(-c4cn(C5CCC(O)CC5)c5nc(NCCC(F)(F)F)ncc45)cc3)CC2)C1. The molecule has 0 unspecified atom stereocenters. The minimum atomic E-state index is -4.25. The Bertz CT molecular complexity index is 1520. The van der Waals surface area contributed by atoms with Crippen molar-refractivity contribution in [2.75, 3.05) is 51.1 Å². The van der Waals surface area contributed by atoms with E-state index in [1.165, 1.54) is 5.56 Å². The summed E-state index contributed by atoms with van der Waals surface area (Å²) in [5.41, 5.74) is 3.44. The number of nitrogens with zero attached hydrogens (tertiary/aromatic N) is 6. The molecule has 47 heavy (non-hydrogen) atoms. The molecule has 3 fully saturated rings. The Balaban J connectivity index is 1.08. The Morgan fingerprint density at radius 2 is 1.68 bits per heavy atom. The van der Waals surface area contributed by atoms with Crippen molar-refractivity contribution in [2.24, 2.45) is 0 Å². The first-order valence-electron chi connectivity index (χ1n) is 16.7. The average molecular weight is 658 g/mol. The van der Waals surface area contributed by atoms with Crippen LogP contribution in [-0.4, -0.2) is 110 Å². The lowest BCUT2D eigenvalue weighted by atomic mass is 9.93. The molecule has 0 radical (unpaired) electrons. The second-order valence-electron chi connectivity index (χ2n) is 14.2. The summed E-state index contributed by atoms with van der Waals surface area (Å²) in [7, 11) is 0. The van der Waals surface area contributed by atoms with Crippen LogP contribution in [0, 0.1) is 0 Å². The van der Waals surface area contributed by atoms with E-state index in [2.05, 4.69) is 60.1 Å². The van der Waals surface area contributed by atoms with E-state index >= 15 is 0 Å². The van der Waals surface area contributed by atoms with Gasteiger partial charge in [-0.2, -0.15) is 18.2 Å². The predicted octanol–water partition coefficient (Wildman–Crippen LogP) is 5.68. The van der Waals surface area contributed by atoms with Gasteiger partial charge in [0.2, 0.25) is 5.95 Å². The summed E-state index contributed by atoms with van der Waals surface area (Å²) in [5, 5.41) is 13.7. The Morgan fingerprint density at radius 3 is 2.32 bits per heavy atom. The smallest absolute Gasteiger partial charge is 0.410 e. The van der Waals surface area contributed by atoms with Gasteiger partial charge < -0.3 is 24.6 Å². The number of benzene rings is 1. The number of likely N-dealkylation sites (tertiary alicyclic amines) is 1. The first kappa shape index (κ1) is 33.5. The summed E-state index contributed by atoms with van der Waals surface area (Å²) < 4.78 is 45.7. The summed E-state index contributed by atoms with van der Waals surface area (Å²) in [6, 6.07) is 9.07. The van der Waals surface area contributed by atoms with Crippen LogP contribution in [0.25, 0.3) is 22.2 Å². The number of aliphatic hydroxyl groups is 1. The zero-order valence-corrected chi connectivity index (χ0v) is 27.5. The number of piperazine rings is 1. The van der Waals surface area contributed by atoms with Gasteiger partial charge >= 0.3 is 12.3 Å². The highest BCUT2D eigenvalue weighted by Gasteiger charge is 2.38. The number of carbonyl (C=O) groups is 1. The van der Waals surface area contributed by atoms with Gasteiger partial charge in [-0.1, -0.05) is 24.3 Å². The number of hydrogen-bond donors (Lipinski definition) is 2. The molecular formula is C34H46F3N7O3. The van der Waals surface area contributed by atoms with Crippen LogP contribution in [0.1, 0.15) is 64.5 Å². The van der Waals surface area contributed by atoms with Crippen molar-refractivity contribution >= 4 is 23.1 Å². The van der Waals surface area contributed by atoms with Crippen molar-refractivity contribution in [2.45, 2.75) is 89.4 Å². The maximum absolute atomic E-state index is 12.7. The number of hydrogen-bond acceptors (Lipinski definition) is 8. The number of carbonyl (C=O) groups excluding carboxylic acids is 1. The van der Waals surface area contributed by atoms with Crippen LogP contribution in [-0.2, 0) is 11.3 Å². The van der Waals surface area contributed by atoms with Crippen molar-refractivity contribution in [1.29, 1.82) is 0 Å². The minimum absolute atomic E-state index is 0.144.